The van der Waals surface area contributed by atoms with Gasteiger partial charge in [0, 0.05) is 50.1 Å². The first-order chi connectivity index (χ1) is 27.8. The number of hydrogen-bond donors (Lipinski definition) is 0. The van der Waals surface area contributed by atoms with E-state index in [1.165, 1.54) is 5.39 Å². The van der Waals surface area contributed by atoms with E-state index in [4.69, 9.17) is 15.0 Å². The van der Waals surface area contributed by atoms with Crippen molar-refractivity contribution in [3.05, 3.63) is 194 Å². The predicted octanol–water partition coefficient (Wildman–Crippen LogP) is 12.1. The molecule has 0 aliphatic rings. The summed E-state index contributed by atoms with van der Waals surface area (Å²) in [5, 5.41) is 4.56. The number of hydrogen-bond acceptors (Lipinski definition) is 4. The van der Waals surface area contributed by atoms with Crippen LogP contribution in [0, 0.1) is 0 Å². The monoisotopic (exact) mass is 716 g/mol. The van der Waals surface area contributed by atoms with E-state index in [1.807, 2.05) is 54.7 Å². The number of para-hydroxylation sites is 2. The largest absolute Gasteiger partial charge is 0.307 e. The first kappa shape index (κ1) is 31.8. The van der Waals surface area contributed by atoms with Crippen molar-refractivity contribution in [1.29, 1.82) is 0 Å². The van der Waals surface area contributed by atoms with E-state index in [0.29, 0.717) is 17.6 Å². The minimum Gasteiger partial charge on any atom is -0.307 e. The van der Waals surface area contributed by atoms with Crippen molar-refractivity contribution < 1.29 is 0 Å². The van der Waals surface area contributed by atoms with Gasteiger partial charge in [-0.15, -0.1) is 0 Å². The zero-order valence-corrected chi connectivity index (χ0v) is 30.2. The van der Waals surface area contributed by atoms with Crippen LogP contribution in [0.5, 0.6) is 0 Å². The van der Waals surface area contributed by atoms with Crippen LogP contribution in [0.2, 0.25) is 0 Å². The second-order valence-electron chi connectivity index (χ2n) is 13.9. The molecule has 0 bridgehead atoms. The smallest absolute Gasteiger partial charge is 0.238 e. The van der Waals surface area contributed by atoms with Gasteiger partial charge >= 0.3 is 0 Å². The molecular weight excluding hydrogens is 685 g/mol. The SMILES string of the molecule is c1ccc(-c2nc(-c3ccccc3)nc(-n3c4ccc(-c5cccc(-c6ccccn6)c5)cc4c4ccc5c6ccccc6n(-c6ccccc6)c5c43)n2)cc1. The lowest BCUT2D eigenvalue weighted by molar-refractivity contribution is 0.953. The highest BCUT2D eigenvalue weighted by Crippen LogP contribution is 2.42. The first-order valence-corrected chi connectivity index (χ1v) is 18.7. The molecule has 0 fully saturated rings. The molecule has 11 aromatic rings. The second-order valence-corrected chi connectivity index (χ2v) is 13.9. The maximum absolute atomic E-state index is 5.29. The quantitative estimate of drug-likeness (QED) is 0.172. The highest BCUT2D eigenvalue weighted by molar-refractivity contribution is 6.24. The standard InChI is InChI=1S/C50H32N6/c1-4-15-33(16-5-1)48-52-49(34-17-6-2-7-18-34)54-50(53-48)56-45-29-26-36(35-19-14-20-37(31-35)43-24-12-13-30-51-43)32-42(45)41-28-27-40-39-23-10-11-25-44(39)55(46(40)47(41)56)38-21-8-3-9-22-38/h1-32H. The third kappa shape index (κ3) is 5.19. The van der Waals surface area contributed by atoms with Crippen LogP contribution in [0.15, 0.2) is 194 Å². The van der Waals surface area contributed by atoms with Gasteiger partial charge in [0.15, 0.2) is 11.6 Å². The number of fused-ring (bicyclic) bond motifs is 7. The molecule has 7 aromatic carbocycles. The number of nitrogens with zero attached hydrogens (tertiary/aromatic N) is 6. The summed E-state index contributed by atoms with van der Waals surface area (Å²) in [7, 11) is 0. The summed E-state index contributed by atoms with van der Waals surface area (Å²) in [4.78, 5) is 20.2. The van der Waals surface area contributed by atoms with E-state index < -0.39 is 0 Å². The lowest BCUT2D eigenvalue weighted by Crippen LogP contribution is -2.07. The molecule has 6 heteroatoms. The molecule has 0 unspecified atom stereocenters. The van der Waals surface area contributed by atoms with Gasteiger partial charge in [0.05, 0.1) is 27.8 Å². The van der Waals surface area contributed by atoms with Crippen LogP contribution < -0.4 is 0 Å². The highest BCUT2D eigenvalue weighted by atomic mass is 15.2. The zero-order chi connectivity index (χ0) is 37.0. The van der Waals surface area contributed by atoms with Crippen LogP contribution in [-0.2, 0) is 0 Å². The second kappa shape index (κ2) is 13.0. The number of aromatic nitrogens is 6. The van der Waals surface area contributed by atoms with Gasteiger partial charge in [-0.3, -0.25) is 9.55 Å². The Hall–Kier alpha value is -7.70. The molecule has 0 saturated carbocycles. The van der Waals surface area contributed by atoms with Gasteiger partial charge in [-0.1, -0.05) is 140 Å². The lowest BCUT2D eigenvalue weighted by Gasteiger charge is -2.13. The van der Waals surface area contributed by atoms with Crippen molar-refractivity contribution in [2.75, 3.05) is 0 Å². The summed E-state index contributed by atoms with van der Waals surface area (Å²) in [5.41, 5.74) is 11.4. The Morgan fingerprint density at radius 1 is 0.339 bits per heavy atom. The Labute approximate surface area is 322 Å². The number of benzene rings is 7. The van der Waals surface area contributed by atoms with E-state index in [1.54, 1.807) is 0 Å². The maximum Gasteiger partial charge on any atom is 0.238 e. The number of pyridine rings is 1. The Kier molecular flexibility index (Phi) is 7.38. The van der Waals surface area contributed by atoms with Crippen LogP contribution in [0.1, 0.15) is 0 Å². The van der Waals surface area contributed by atoms with Gasteiger partial charge in [0.2, 0.25) is 5.95 Å². The summed E-state index contributed by atoms with van der Waals surface area (Å²) < 4.78 is 4.64. The Morgan fingerprint density at radius 3 is 1.62 bits per heavy atom. The molecule has 0 N–H and O–H groups in total. The van der Waals surface area contributed by atoms with Crippen LogP contribution in [0.25, 0.3) is 100 Å². The van der Waals surface area contributed by atoms with Crippen molar-refractivity contribution in [3.63, 3.8) is 0 Å². The van der Waals surface area contributed by atoms with Gasteiger partial charge in [-0.2, -0.15) is 9.97 Å². The van der Waals surface area contributed by atoms with E-state index in [2.05, 4.69) is 154 Å². The average molecular weight is 717 g/mol. The fourth-order valence-electron chi connectivity index (χ4n) is 8.07. The van der Waals surface area contributed by atoms with Gasteiger partial charge in [0.25, 0.3) is 0 Å². The van der Waals surface area contributed by atoms with E-state index >= 15 is 0 Å². The Balaban J connectivity index is 1.27. The van der Waals surface area contributed by atoms with Crippen LogP contribution in [0.4, 0.5) is 0 Å². The molecule has 0 saturated heterocycles. The molecule has 4 aromatic heterocycles. The summed E-state index contributed by atoms with van der Waals surface area (Å²) in [6, 6.07) is 65.5. The molecule has 0 aliphatic heterocycles. The average Bonchev–Trinajstić information content (AvgIpc) is 3.80. The van der Waals surface area contributed by atoms with E-state index in [0.717, 1.165) is 77.4 Å². The first-order valence-electron chi connectivity index (χ1n) is 18.7. The third-order valence-electron chi connectivity index (χ3n) is 10.6. The third-order valence-corrected chi connectivity index (χ3v) is 10.6. The molecule has 262 valence electrons. The van der Waals surface area contributed by atoms with Crippen LogP contribution in [-0.4, -0.2) is 29.1 Å². The zero-order valence-electron chi connectivity index (χ0n) is 30.2. The van der Waals surface area contributed by atoms with E-state index in [9.17, 15) is 0 Å². The number of rotatable bonds is 6. The molecule has 0 spiro atoms. The predicted molar refractivity (Wildman–Crippen MR) is 228 cm³/mol. The van der Waals surface area contributed by atoms with Gasteiger partial charge in [-0.25, -0.2) is 4.98 Å². The maximum atomic E-state index is 5.29. The van der Waals surface area contributed by atoms with Crippen molar-refractivity contribution in [1.82, 2.24) is 29.1 Å². The Bertz CT molecular complexity index is 3170. The van der Waals surface area contributed by atoms with Crippen molar-refractivity contribution in [3.8, 4) is 56.8 Å². The van der Waals surface area contributed by atoms with E-state index in [-0.39, 0.29) is 0 Å². The molecule has 0 aliphatic carbocycles. The van der Waals surface area contributed by atoms with Gasteiger partial charge in [0.1, 0.15) is 0 Å². The minimum atomic E-state index is 0.556. The summed E-state index contributed by atoms with van der Waals surface area (Å²) in [6.07, 6.45) is 1.84. The molecule has 11 rings (SSSR count). The minimum absolute atomic E-state index is 0.556. The highest BCUT2D eigenvalue weighted by Gasteiger charge is 2.24. The summed E-state index contributed by atoms with van der Waals surface area (Å²) >= 11 is 0. The molecule has 0 amide bonds. The molecule has 0 atom stereocenters. The van der Waals surface area contributed by atoms with Crippen molar-refractivity contribution in [2.45, 2.75) is 0 Å². The van der Waals surface area contributed by atoms with Crippen molar-refractivity contribution >= 4 is 43.6 Å². The molecule has 6 nitrogen and oxygen atoms in total. The molecule has 4 heterocycles. The summed E-state index contributed by atoms with van der Waals surface area (Å²) in [6.45, 7) is 0. The van der Waals surface area contributed by atoms with Crippen molar-refractivity contribution in [2.24, 2.45) is 0 Å². The molecular formula is C50H32N6. The Morgan fingerprint density at radius 2 is 0.911 bits per heavy atom. The lowest BCUT2D eigenvalue weighted by atomic mass is 9.99. The fraction of sp³-hybridized carbons (Fsp3) is 0. The summed E-state index contributed by atoms with van der Waals surface area (Å²) in [5.74, 6) is 1.78. The fourth-order valence-corrected chi connectivity index (χ4v) is 8.07. The van der Waals surface area contributed by atoms with Gasteiger partial charge < -0.3 is 4.57 Å². The molecule has 0 radical (unpaired) electrons. The van der Waals surface area contributed by atoms with Crippen LogP contribution >= 0.6 is 0 Å². The van der Waals surface area contributed by atoms with Crippen LogP contribution in [0.3, 0.4) is 0 Å². The molecule has 56 heavy (non-hydrogen) atoms. The topological polar surface area (TPSA) is 61.4 Å². The normalized spacial score (nSPS) is 11.6. The van der Waals surface area contributed by atoms with Gasteiger partial charge in [-0.05, 0) is 59.7 Å².